The van der Waals surface area contributed by atoms with E-state index in [0.29, 0.717) is 12.5 Å². The van der Waals surface area contributed by atoms with Gasteiger partial charge in [0.15, 0.2) is 5.96 Å². The standard InChI is InChI=1S/C12H18F3N3S/c1-3-16-11(17-7-6-12(13,14)15)18-9(2)10-5-4-8-19-10/h4-5,8-9H,3,6-7H2,1-2H3,(H2,16,17,18). The monoisotopic (exact) mass is 293 g/mol. The highest BCUT2D eigenvalue weighted by atomic mass is 32.1. The number of hydrogen-bond donors (Lipinski definition) is 2. The second-order valence-corrected chi connectivity index (χ2v) is 4.99. The summed E-state index contributed by atoms with van der Waals surface area (Å²) >= 11 is 1.59. The Hall–Kier alpha value is -1.24. The Morgan fingerprint density at radius 1 is 1.47 bits per heavy atom. The summed E-state index contributed by atoms with van der Waals surface area (Å²) in [4.78, 5) is 5.04. The molecule has 0 aromatic carbocycles. The first-order chi connectivity index (χ1) is 8.92. The lowest BCUT2D eigenvalue weighted by atomic mass is 10.3. The predicted octanol–water partition coefficient (Wildman–Crippen LogP) is 3.32. The summed E-state index contributed by atoms with van der Waals surface area (Å²) in [6.45, 7) is 4.16. The minimum absolute atomic E-state index is 0.0173. The molecular weight excluding hydrogens is 275 g/mol. The van der Waals surface area contributed by atoms with E-state index in [2.05, 4.69) is 15.6 Å². The quantitative estimate of drug-likeness (QED) is 0.645. The third kappa shape index (κ3) is 6.47. The average molecular weight is 293 g/mol. The number of halogens is 3. The number of thiophene rings is 1. The number of guanidine groups is 1. The van der Waals surface area contributed by atoms with Gasteiger partial charge in [0, 0.05) is 11.4 Å². The number of nitrogens with one attached hydrogen (secondary N) is 2. The van der Waals surface area contributed by atoms with Gasteiger partial charge in [-0.1, -0.05) is 6.07 Å². The fourth-order valence-corrected chi connectivity index (χ4v) is 2.16. The number of rotatable bonds is 5. The molecule has 0 saturated heterocycles. The van der Waals surface area contributed by atoms with E-state index in [1.807, 2.05) is 31.4 Å². The molecule has 0 aliphatic carbocycles. The van der Waals surface area contributed by atoms with Crippen LogP contribution in [0.3, 0.4) is 0 Å². The highest BCUT2D eigenvalue weighted by Gasteiger charge is 2.26. The number of alkyl halides is 3. The Morgan fingerprint density at radius 3 is 2.74 bits per heavy atom. The van der Waals surface area contributed by atoms with Gasteiger partial charge in [-0.25, -0.2) is 0 Å². The molecule has 1 aromatic rings. The molecule has 1 unspecified atom stereocenters. The van der Waals surface area contributed by atoms with Crippen LogP contribution in [0.5, 0.6) is 0 Å². The Labute approximate surface area is 114 Å². The van der Waals surface area contributed by atoms with Crippen molar-refractivity contribution < 1.29 is 13.2 Å². The van der Waals surface area contributed by atoms with Crippen LogP contribution < -0.4 is 10.6 Å². The summed E-state index contributed by atoms with van der Waals surface area (Å²) in [7, 11) is 0. The Morgan fingerprint density at radius 2 is 2.21 bits per heavy atom. The molecule has 0 aliphatic heterocycles. The Bertz CT molecular complexity index is 387. The maximum atomic E-state index is 12.1. The molecule has 0 spiro atoms. The molecule has 0 bridgehead atoms. The number of hydrogen-bond acceptors (Lipinski definition) is 2. The topological polar surface area (TPSA) is 36.4 Å². The maximum Gasteiger partial charge on any atom is 0.390 e. The van der Waals surface area contributed by atoms with E-state index in [1.54, 1.807) is 11.3 Å². The van der Waals surface area contributed by atoms with Gasteiger partial charge >= 0.3 is 6.18 Å². The van der Waals surface area contributed by atoms with Gasteiger partial charge in [-0.15, -0.1) is 11.3 Å². The molecule has 0 radical (unpaired) electrons. The zero-order chi connectivity index (χ0) is 14.3. The predicted molar refractivity (Wildman–Crippen MR) is 72.5 cm³/mol. The lowest BCUT2D eigenvalue weighted by molar-refractivity contribution is -0.132. The van der Waals surface area contributed by atoms with Gasteiger partial charge in [-0.05, 0) is 25.3 Å². The zero-order valence-corrected chi connectivity index (χ0v) is 11.7. The number of aliphatic imine (C=N–C) groups is 1. The normalized spacial score (nSPS) is 14.3. The first-order valence-corrected chi connectivity index (χ1v) is 6.95. The molecule has 1 rings (SSSR count). The van der Waals surface area contributed by atoms with Crippen molar-refractivity contribution in [2.45, 2.75) is 32.5 Å². The average Bonchev–Trinajstić information content (AvgIpc) is 2.80. The van der Waals surface area contributed by atoms with Crippen molar-refractivity contribution in [3.05, 3.63) is 22.4 Å². The van der Waals surface area contributed by atoms with E-state index in [0.717, 1.165) is 4.88 Å². The molecule has 2 N–H and O–H groups in total. The molecule has 0 fully saturated rings. The van der Waals surface area contributed by atoms with E-state index in [9.17, 15) is 13.2 Å². The van der Waals surface area contributed by atoms with Crippen molar-refractivity contribution in [2.24, 2.45) is 4.99 Å². The van der Waals surface area contributed by atoms with Crippen molar-refractivity contribution in [3.8, 4) is 0 Å². The van der Waals surface area contributed by atoms with Gasteiger partial charge in [0.25, 0.3) is 0 Å². The molecule has 0 saturated carbocycles. The SMILES string of the molecule is CCNC(=NCCC(F)(F)F)NC(C)c1cccs1. The first kappa shape index (κ1) is 15.8. The van der Waals surface area contributed by atoms with Crippen LogP contribution in [-0.4, -0.2) is 25.2 Å². The molecule has 3 nitrogen and oxygen atoms in total. The summed E-state index contributed by atoms with van der Waals surface area (Å²) in [6.07, 6.45) is -5.07. The van der Waals surface area contributed by atoms with Crippen molar-refractivity contribution in [2.75, 3.05) is 13.1 Å². The summed E-state index contributed by atoms with van der Waals surface area (Å²) in [5.74, 6) is 0.410. The number of nitrogens with zero attached hydrogens (tertiary/aromatic N) is 1. The van der Waals surface area contributed by atoms with E-state index < -0.39 is 12.6 Å². The van der Waals surface area contributed by atoms with E-state index in [1.165, 1.54) is 0 Å². The van der Waals surface area contributed by atoms with Crippen molar-refractivity contribution >= 4 is 17.3 Å². The maximum absolute atomic E-state index is 12.1. The van der Waals surface area contributed by atoms with Gasteiger partial charge in [-0.2, -0.15) is 13.2 Å². The van der Waals surface area contributed by atoms with E-state index in [-0.39, 0.29) is 12.6 Å². The minimum Gasteiger partial charge on any atom is -0.357 e. The minimum atomic E-state index is -4.17. The van der Waals surface area contributed by atoms with E-state index >= 15 is 0 Å². The fraction of sp³-hybridized carbons (Fsp3) is 0.583. The molecule has 19 heavy (non-hydrogen) atoms. The molecule has 108 valence electrons. The Balaban J connectivity index is 2.54. The summed E-state index contributed by atoms with van der Waals surface area (Å²) in [5.41, 5.74) is 0. The fourth-order valence-electron chi connectivity index (χ4n) is 1.43. The van der Waals surface area contributed by atoms with Crippen LogP contribution in [-0.2, 0) is 0 Å². The van der Waals surface area contributed by atoms with Crippen LogP contribution in [0.1, 0.15) is 31.2 Å². The highest BCUT2D eigenvalue weighted by molar-refractivity contribution is 7.10. The van der Waals surface area contributed by atoms with Crippen LogP contribution in [0, 0.1) is 0 Å². The van der Waals surface area contributed by atoms with Crippen LogP contribution in [0.2, 0.25) is 0 Å². The lowest BCUT2D eigenvalue weighted by Gasteiger charge is -2.16. The molecular formula is C12H18F3N3S. The zero-order valence-electron chi connectivity index (χ0n) is 10.9. The van der Waals surface area contributed by atoms with Crippen LogP contribution in [0.4, 0.5) is 13.2 Å². The highest BCUT2D eigenvalue weighted by Crippen LogP contribution is 2.19. The van der Waals surface area contributed by atoms with Gasteiger partial charge in [0.2, 0.25) is 0 Å². The molecule has 1 atom stereocenters. The summed E-state index contributed by atoms with van der Waals surface area (Å²) < 4.78 is 36.2. The van der Waals surface area contributed by atoms with E-state index in [4.69, 9.17) is 0 Å². The van der Waals surface area contributed by atoms with Gasteiger partial charge < -0.3 is 10.6 Å². The lowest BCUT2D eigenvalue weighted by Crippen LogP contribution is -2.38. The smallest absolute Gasteiger partial charge is 0.357 e. The first-order valence-electron chi connectivity index (χ1n) is 6.07. The van der Waals surface area contributed by atoms with Gasteiger partial charge in [0.1, 0.15) is 0 Å². The second-order valence-electron chi connectivity index (χ2n) is 4.01. The molecule has 1 heterocycles. The third-order valence-electron chi connectivity index (χ3n) is 2.33. The van der Waals surface area contributed by atoms with Gasteiger partial charge in [-0.3, -0.25) is 4.99 Å². The Kier molecular flexibility index (Phi) is 6.14. The van der Waals surface area contributed by atoms with Crippen molar-refractivity contribution in [3.63, 3.8) is 0 Å². The van der Waals surface area contributed by atoms with Gasteiger partial charge in [0.05, 0.1) is 19.0 Å². The molecule has 7 heteroatoms. The van der Waals surface area contributed by atoms with Crippen LogP contribution in [0.25, 0.3) is 0 Å². The summed E-state index contributed by atoms with van der Waals surface area (Å²) in [5, 5.41) is 7.99. The summed E-state index contributed by atoms with van der Waals surface area (Å²) in [6, 6.07) is 3.93. The molecule has 0 amide bonds. The molecule has 0 aliphatic rings. The largest absolute Gasteiger partial charge is 0.390 e. The van der Waals surface area contributed by atoms with Crippen LogP contribution >= 0.6 is 11.3 Å². The molecule has 1 aromatic heterocycles. The van der Waals surface area contributed by atoms with Crippen molar-refractivity contribution in [1.29, 1.82) is 0 Å². The van der Waals surface area contributed by atoms with Crippen LogP contribution in [0.15, 0.2) is 22.5 Å². The second kappa shape index (κ2) is 7.37. The van der Waals surface area contributed by atoms with Crippen molar-refractivity contribution in [1.82, 2.24) is 10.6 Å². The third-order valence-corrected chi connectivity index (χ3v) is 3.39.